The lowest BCUT2D eigenvalue weighted by molar-refractivity contribution is 0.139. The normalized spacial score (nSPS) is 20.3. The highest BCUT2D eigenvalue weighted by Gasteiger charge is 2.13. The molecule has 2 heterocycles. The molecular formula is C11H18N2OS. The third-order valence-corrected chi connectivity index (χ3v) is 3.77. The van der Waals surface area contributed by atoms with Crippen LogP contribution in [0.4, 0.5) is 0 Å². The third-order valence-electron chi connectivity index (χ3n) is 2.80. The van der Waals surface area contributed by atoms with Crippen LogP contribution in [0.5, 0.6) is 0 Å². The van der Waals surface area contributed by atoms with Crippen molar-refractivity contribution in [3.8, 4) is 0 Å². The smallest absolute Gasteiger partial charge is 0.0894 e. The zero-order chi connectivity index (χ0) is 10.5. The van der Waals surface area contributed by atoms with E-state index >= 15 is 0 Å². The van der Waals surface area contributed by atoms with E-state index in [0.717, 1.165) is 44.0 Å². The average Bonchev–Trinajstić information content (AvgIpc) is 2.81. The van der Waals surface area contributed by atoms with E-state index in [-0.39, 0.29) is 6.10 Å². The standard InChI is InChI=1S/C11H18N2OS/c14-10(11-2-1-9-15-11)3-6-13-7-4-12-5-8-13/h1-2,9-10,12,14H,3-8H2. The summed E-state index contributed by atoms with van der Waals surface area (Å²) in [6.45, 7) is 5.37. The fourth-order valence-corrected chi connectivity index (χ4v) is 2.61. The summed E-state index contributed by atoms with van der Waals surface area (Å²) in [5.41, 5.74) is 0. The minimum atomic E-state index is -0.278. The Bertz CT molecular complexity index is 270. The van der Waals surface area contributed by atoms with Crippen LogP contribution in [0.3, 0.4) is 0 Å². The molecule has 0 radical (unpaired) electrons. The molecule has 15 heavy (non-hydrogen) atoms. The van der Waals surface area contributed by atoms with Crippen LogP contribution in [0, 0.1) is 0 Å². The highest BCUT2D eigenvalue weighted by Crippen LogP contribution is 2.21. The SMILES string of the molecule is OC(CCN1CCNCC1)c1cccs1. The van der Waals surface area contributed by atoms with Crippen LogP contribution in [0.1, 0.15) is 17.4 Å². The second kappa shape index (κ2) is 5.61. The third kappa shape index (κ3) is 3.28. The molecule has 1 atom stereocenters. The second-order valence-electron chi connectivity index (χ2n) is 3.91. The average molecular weight is 226 g/mol. The molecule has 1 aromatic rings. The predicted molar refractivity (Wildman–Crippen MR) is 63.2 cm³/mol. The van der Waals surface area contributed by atoms with E-state index in [2.05, 4.69) is 10.2 Å². The van der Waals surface area contributed by atoms with Gasteiger partial charge in [-0.05, 0) is 17.9 Å². The number of rotatable bonds is 4. The van der Waals surface area contributed by atoms with Crippen LogP contribution < -0.4 is 5.32 Å². The largest absolute Gasteiger partial charge is 0.388 e. The second-order valence-corrected chi connectivity index (χ2v) is 4.89. The van der Waals surface area contributed by atoms with Crippen LogP contribution in [0.15, 0.2) is 17.5 Å². The number of hydrogen-bond donors (Lipinski definition) is 2. The molecule has 84 valence electrons. The van der Waals surface area contributed by atoms with Crippen LogP contribution in [-0.4, -0.2) is 42.7 Å². The minimum absolute atomic E-state index is 0.278. The number of nitrogens with zero attached hydrogens (tertiary/aromatic N) is 1. The van der Waals surface area contributed by atoms with Gasteiger partial charge in [-0.1, -0.05) is 6.07 Å². The van der Waals surface area contributed by atoms with Crippen molar-refractivity contribution in [3.05, 3.63) is 22.4 Å². The molecule has 0 saturated carbocycles. The van der Waals surface area contributed by atoms with E-state index in [1.54, 1.807) is 11.3 Å². The minimum Gasteiger partial charge on any atom is -0.388 e. The van der Waals surface area contributed by atoms with Crippen molar-refractivity contribution in [1.82, 2.24) is 10.2 Å². The molecule has 0 aromatic carbocycles. The lowest BCUT2D eigenvalue weighted by atomic mass is 10.2. The van der Waals surface area contributed by atoms with Gasteiger partial charge in [0.05, 0.1) is 6.10 Å². The van der Waals surface area contributed by atoms with E-state index in [0.29, 0.717) is 0 Å². The Kier molecular flexibility index (Phi) is 4.14. The van der Waals surface area contributed by atoms with Gasteiger partial charge in [0.25, 0.3) is 0 Å². The van der Waals surface area contributed by atoms with Crippen molar-refractivity contribution in [2.45, 2.75) is 12.5 Å². The lowest BCUT2D eigenvalue weighted by Crippen LogP contribution is -2.43. The molecule has 1 aliphatic rings. The quantitative estimate of drug-likeness (QED) is 0.806. The van der Waals surface area contributed by atoms with Gasteiger partial charge >= 0.3 is 0 Å². The Hall–Kier alpha value is -0.420. The molecule has 1 fully saturated rings. The molecule has 1 aliphatic heterocycles. The summed E-state index contributed by atoms with van der Waals surface area (Å²) < 4.78 is 0. The van der Waals surface area contributed by atoms with Crippen molar-refractivity contribution in [3.63, 3.8) is 0 Å². The van der Waals surface area contributed by atoms with Crippen molar-refractivity contribution in [2.75, 3.05) is 32.7 Å². The Balaban J connectivity index is 1.73. The summed E-state index contributed by atoms with van der Waals surface area (Å²) in [7, 11) is 0. The van der Waals surface area contributed by atoms with E-state index in [9.17, 15) is 5.11 Å². The summed E-state index contributed by atoms with van der Waals surface area (Å²) in [4.78, 5) is 3.50. The van der Waals surface area contributed by atoms with Crippen molar-refractivity contribution >= 4 is 11.3 Å². The first-order valence-corrected chi connectivity index (χ1v) is 6.39. The Morgan fingerprint density at radius 1 is 1.47 bits per heavy atom. The number of piperazine rings is 1. The topological polar surface area (TPSA) is 35.5 Å². The maximum atomic E-state index is 9.91. The number of hydrogen-bond acceptors (Lipinski definition) is 4. The van der Waals surface area contributed by atoms with Crippen molar-refractivity contribution in [1.29, 1.82) is 0 Å². The van der Waals surface area contributed by atoms with Gasteiger partial charge in [-0.15, -0.1) is 11.3 Å². The molecular weight excluding hydrogens is 208 g/mol. The van der Waals surface area contributed by atoms with E-state index < -0.39 is 0 Å². The highest BCUT2D eigenvalue weighted by molar-refractivity contribution is 7.10. The van der Waals surface area contributed by atoms with Crippen molar-refractivity contribution in [2.24, 2.45) is 0 Å². The van der Waals surface area contributed by atoms with Gasteiger partial charge in [0.2, 0.25) is 0 Å². The molecule has 2 rings (SSSR count). The molecule has 0 aliphatic carbocycles. The van der Waals surface area contributed by atoms with Crippen LogP contribution in [-0.2, 0) is 0 Å². The van der Waals surface area contributed by atoms with Crippen LogP contribution in [0.2, 0.25) is 0 Å². The Morgan fingerprint density at radius 3 is 2.93 bits per heavy atom. The van der Waals surface area contributed by atoms with Gasteiger partial charge < -0.3 is 15.3 Å². The molecule has 0 bridgehead atoms. The molecule has 3 nitrogen and oxygen atoms in total. The Labute approximate surface area is 94.7 Å². The number of nitrogens with one attached hydrogen (secondary N) is 1. The predicted octanol–water partition coefficient (Wildman–Crippen LogP) is 1.08. The first kappa shape index (κ1) is 11.1. The van der Waals surface area contributed by atoms with Crippen molar-refractivity contribution < 1.29 is 5.11 Å². The molecule has 1 unspecified atom stereocenters. The molecule has 4 heteroatoms. The molecule has 0 amide bonds. The highest BCUT2D eigenvalue weighted by atomic mass is 32.1. The number of aliphatic hydroxyl groups excluding tert-OH is 1. The molecule has 0 spiro atoms. The summed E-state index contributed by atoms with van der Waals surface area (Å²) in [6.07, 6.45) is 0.570. The van der Waals surface area contributed by atoms with Gasteiger partial charge in [0.1, 0.15) is 0 Å². The number of thiophene rings is 1. The van der Waals surface area contributed by atoms with E-state index in [1.807, 2.05) is 17.5 Å². The van der Waals surface area contributed by atoms with Gasteiger partial charge in [0.15, 0.2) is 0 Å². The summed E-state index contributed by atoms with van der Waals surface area (Å²) in [5.74, 6) is 0. The number of aliphatic hydroxyl groups is 1. The van der Waals surface area contributed by atoms with E-state index in [4.69, 9.17) is 0 Å². The van der Waals surface area contributed by atoms with Gasteiger partial charge in [-0.3, -0.25) is 0 Å². The molecule has 1 saturated heterocycles. The van der Waals surface area contributed by atoms with Gasteiger partial charge in [-0.2, -0.15) is 0 Å². The first-order chi connectivity index (χ1) is 7.36. The first-order valence-electron chi connectivity index (χ1n) is 5.51. The molecule has 1 aromatic heterocycles. The monoisotopic (exact) mass is 226 g/mol. The zero-order valence-corrected chi connectivity index (χ0v) is 9.67. The van der Waals surface area contributed by atoms with E-state index in [1.165, 1.54) is 0 Å². The lowest BCUT2D eigenvalue weighted by Gasteiger charge is -2.27. The van der Waals surface area contributed by atoms with Gasteiger partial charge in [0, 0.05) is 37.6 Å². The fourth-order valence-electron chi connectivity index (χ4n) is 1.86. The van der Waals surface area contributed by atoms with Gasteiger partial charge in [-0.25, -0.2) is 0 Å². The maximum Gasteiger partial charge on any atom is 0.0894 e. The fraction of sp³-hybridized carbons (Fsp3) is 0.636. The van der Waals surface area contributed by atoms with Crippen LogP contribution >= 0.6 is 11.3 Å². The zero-order valence-electron chi connectivity index (χ0n) is 8.85. The summed E-state index contributed by atoms with van der Waals surface area (Å²) in [5, 5.41) is 15.3. The summed E-state index contributed by atoms with van der Waals surface area (Å²) >= 11 is 1.64. The Morgan fingerprint density at radius 2 is 2.27 bits per heavy atom. The maximum absolute atomic E-state index is 9.91. The summed E-state index contributed by atoms with van der Waals surface area (Å²) in [6, 6.07) is 4.00. The van der Waals surface area contributed by atoms with Crippen LogP contribution in [0.25, 0.3) is 0 Å². The molecule has 2 N–H and O–H groups in total.